The molecule has 0 unspecified atom stereocenters. The monoisotopic (exact) mass is 570 g/mol. The summed E-state index contributed by atoms with van der Waals surface area (Å²) in [7, 11) is 0. The van der Waals surface area contributed by atoms with E-state index in [0.29, 0.717) is 31.2 Å². The molecule has 0 atom stereocenters. The van der Waals surface area contributed by atoms with Gasteiger partial charge in [0.2, 0.25) is 0 Å². The predicted octanol–water partition coefficient (Wildman–Crippen LogP) is 7.35. The first-order valence-corrected chi connectivity index (χ1v) is 14.3. The van der Waals surface area contributed by atoms with Crippen LogP contribution in [-0.2, 0) is 4.74 Å². The molecular weight excluding hydrogens is 536 g/mol. The molecule has 8 nitrogen and oxygen atoms in total. The number of ether oxygens (including phenoxy) is 1. The molecule has 9 heteroatoms. The number of hydrogen-bond acceptors (Lipinski definition) is 6. The van der Waals surface area contributed by atoms with Crippen LogP contribution in [0, 0.1) is 0 Å². The van der Waals surface area contributed by atoms with Crippen molar-refractivity contribution in [1.82, 2.24) is 24.5 Å². The molecule has 3 aromatic heterocycles. The lowest BCUT2D eigenvalue weighted by molar-refractivity contribution is 0.0240. The highest BCUT2D eigenvalue weighted by atomic mass is 35.5. The SMILES string of the molecule is CC.CC(C)(C)OC(=O)N1CCN(c2ccc(-c3cnc4c(-c5ccnc6ccccc56)cnn4c3)cc2Cl)CC1. The highest BCUT2D eigenvalue weighted by Crippen LogP contribution is 2.34. The number of carbonyl (C=O) groups is 1. The van der Waals surface area contributed by atoms with Crippen LogP contribution in [-0.4, -0.2) is 62.4 Å². The van der Waals surface area contributed by atoms with Gasteiger partial charge in [-0.2, -0.15) is 5.10 Å². The third-order valence-corrected chi connectivity index (χ3v) is 7.15. The van der Waals surface area contributed by atoms with Crippen molar-refractivity contribution < 1.29 is 9.53 Å². The van der Waals surface area contributed by atoms with Gasteiger partial charge >= 0.3 is 6.09 Å². The normalized spacial score (nSPS) is 13.7. The van der Waals surface area contributed by atoms with Crippen LogP contribution < -0.4 is 4.90 Å². The van der Waals surface area contributed by atoms with Crippen LogP contribution in [0.2, 0.25) is 5.02 Å². The Morgan fingerprint density at radius 2 is 1.66 bits per heavy atom. The van der Waals surface area contributed by atoms with Crippen LogP contribution in [0.15, 0.2) is 73.3 Å². The number of aromatic nitrogens is 4. The zero-order chi connectivity index (χ0) is 29.1. The molecule has 1 aliphatic rings. The fraction of sp³-hybridized carbons (Fsp3) is 0.312. The number of nitrogens with zero attached hydrogens (tertiary/aromatic N) is 6. The summed E-state index contributed by atoms with van der Waals surface area (Å²) >= 11 is 6.76. The van der Waals surface area contributed by atoms with E-state index in [1.54, 1.807) is 9.42 Å². The maximum absolute atomic E-state index is 12.4. The minimum atomic E-state index is -0.504. The van der Waals surface area contributed by atoms with Crippen molar-refractivity contribution in [3.05, 3.63) is 78.3 Å². The summed E-state index contributed by atoms with van der Waals surface area (Å²) in [5.74, 6) is 0. The summed E-state index contributed by atoms with van der Waals surface area (Å²) in [5.41, 5.74) is 6.04. The Kier molecular flexibility index (Phi) is 8.13. The maximum atomic E-state index is 12.4. The van der Waals surface area contributed by atoms with Crippen molar-refractivity contribution in [2.45, 2.75) is 40.2 Å². The summed E-state index contributed by atoms with van der Waals surface area (Å²) in [6.07, 6.45) is 7.22. The van der Waals surface area contributed by atoms with E-state index in [1.165, 1.54) is 0 Å². The van der Waals surface area contributed by atoms with E-state index in [2.05, 4.69) is 21.0 Å². The molecule has 1 aliphatic heterocycles. The summed E-state index contributed by atoms with van der Waals surface area (Å²) < 4.78 is 7.31. The van der Waals surface area contributed by atoms with Crippen molar-refractivity contribution in [1.29, 1.82) is 0 Å². The van der Waals surface area contributed by atoms with E-state index in [9.17, 15) is 4.79 Å². The molecule has 212 valence electrons. The fourth-order valence-electron chi connectivity index (χ4n) is 4.94. The highest BCUT2D eigenvalue weighted by molar-refractivity contribution is 6.33. The largest absolute Gasteiger partial charge is 0.444 e. The molecule has 0 spiro atoms. The van der Waals surface area contributed by atoms with Gasteiger partial charge in [0, 0.05) is 61.3 Å². The number of para-hydroxylation sites is 1. The van der Waals surface area contributed by atoms with Gasteiger partial charge in [0.1, 0.15) is 5.60 Å². The van der Waals surface area contributed by atoms with E-state index in [-0.39, 0.29) is 6.09 Å². The molecule has 1 amide bonds. The second kappa shape index (κ2) is 11.7. The van der Waals surface area contributed by atoms with Gasteiger partial charge in [-0.25, -0.2) is 14.3 Å². The number of amides is 1. The lowest BCUT2D eigenvalue weighted by Gasteiger charge is -2.37. The molecule has 0 aliphatic carbocycles. The zero-order valence-electron chi connectivity index (χ0n) is 24.1. The van der Waals surface area contributed by atoms with Crippen LogP contribution in [0.3, 0.4) is 0 Å². The Bertz CT molecular complexity index is 1680. The Morgan fingerprint density at radius 1 is 0.902 bits per heavy atom. The van der Waals surface area contributed by atoms with Crippen molar-refractivity contribution in [3.63, 3.8) is 0 Å². The molecule has 0 N–H and O–H groups in total. The van der Waals surface area contributed by atoms with Crippen molar-refractivity contribution in [3.8, 4) is 22.3 Å². The van der Waals surface area contributed by atoms with E-state index < -0.39 is 5.60 Å². The Hall–Kier alpha value is -4.17. The number of rotatable bonds is 3. The van der Waals surface area contributed by atoms with Crippen LogP contribution in [0.4, 0.5) is 10.5 Å². The van der Waals surface area contributed by atoms with Crippen LogP contribution in [0.1, 0.15) is 34.6 Å². The van der Waals surface area contributed by atoms with E-state index in [0.717, 1.165) is 44.5 Å². The summed E-state index contributed by atoms with van der Waals surface area (Å²) in [6.45, 7) is 12.2. The highest BCUT2D eigenvalue weighted by Gasteiger charge is 2.26. The van der Waals surface area contributed by atoms with Crippen molar-refractivity contribution >= 4 is 39.9 Å². The smallest absolute Gasteiger partial charge is 0.410 e. The van der Waals surface area contributed by atoms with Gasteiger partial charge in [0.05, 0.1) is 22.4 Å². The van der Waals surface area contributed by atoms with Gasteiger partial charge in [-0.1, -0.05) is 49.7 Å². The number of anilines is 1. The number of benzene rings is 2. The number of carbonyl (C=O) groups excluding carboxylic acids is 1. The van der Waals surface area contributed by atoms with E-state index >= 15 is 0 Å². The molecular formula is C32H35ClN6O2. The molecule has 0 saturated carbocycles. The first-order valence-electron chi connectivity index (χ1n) is 14.0. The maximum Gasteiger partial charge on any atom is 0.410 e. The van der Waals surface area contributed by atoms with Crippen LogP contribution >= 0.6 is 11.6 Å². The predicted molar refractivity (Wildman–Crippen MR) is 166 cm³/mol. The minimum Gasteiger partial charge on any atom is -0.444 e. The Morgan fingerprint density at radius 3 is 2.39 bits per heavy atom. The summed E-state index contributed by atoms with van der Waals surface area (Å²) in [6, 6.07) is 16.1. The molecule has 2 aromatic carbocycles. The fourth-order valence-corrected chi connectivity index (χ4v) is 5.24. The quantitative estimate of drug-likeness (QED) is 0.226. The van der Waals surface area contributed by atoms with Gasteiger partial charge in [0.25, 0.3) is 0 Å². The van der Waals surface area contributed by atoms with E-state index in [4.69, 9.17) is 21.3 Å². The van der Waals surface area contributed by atoms with Crippen molar-refractivity contribution in [2.75, 3.05) is 31.1 Å². The van der Waals surface area contributed by atoms with Crippen LogP contribution in [0.5, 0.6) is 0 Å². The molecule has 1 fully saturated rings. The third-order valence-electron chi connectivity index (χ3n) is 6.85. The number of pyridine rings is 1. The molecule has 6 rings (SSSR count). The van der Waals surface area contributed by atoms with Gasteiger partial charge in [0.15, 0.2) is 5.65 Å². The first kappa shape index (κ1) is 28.4. The average molecular weight is 571 g/mol. The average Bonchev–Trinajstić information content (AvgIpc) is 3.40. The standard InChI is InChI=1S/C30H29ClN6O2.C2H6/c1-30(2,3)39-29(38)36-14-12-35(13-15-36)27-9-8-20(16-25(27)31)21-17-33-28-24(18-34-37(28)19-21)22-10-11-32-26-7-5-4-6-23(22)26;1-2/h4-11,16-19H,12-15H2,1-3H3;1-2H3. The molecule has 1 saturated heterocycles. The molecule has 0 bridgehead atoms. The van der Waals surface area contributed by atoms with Crippen LogP contribution in [0.25, 0.3) is 38.8 Å². The number of halogens is 1. The second-order valence-corrected chi connectivity index (χ2v) is 11.1. The van der Waals surface area contributed by atoms with Gasteiger partial charge in [-0.15, -0.1) is 0 Å². The lowest BCUT2D eigenvalue weighted by atomic mass is 10.0. The minimum absolute atomic E-state index is 0.273. The third kappa shape index (κ3) is 5.98. The Balaban J connectivity index is 0.00000165. The molecule has 4 heterocycles. The topological polar surface area (TPSA) is 75.9 Å². The summed E-state index contributed by atoms with van der Waals surface area (Å²) in [5, 5.41) is 6.32. The van der Waals surface area contributed by atoms with Crippen molar-refractivity contribution in [2.24, 2.45) is 0 Å². The number of hydrogen-bond donors (Lipinski definition) is 0. The molecule has 41 heavy (non-hydrogen) atoms. The molecule has 0 radical (unpaired) electrons. The Labute approximate surface area is 245 Å². The van der Waals surface area contributed by atoms with Gasteiger partial charge < -0.3 is 14.5 Å². The summed E-state index contributed by atoms with van der Waals surface area (Å²) in [4.78, 5) is 25.6. The molecule has 5 aromatic rings. The number of fused-ring (bicyclic) bond motifs is 2. The first-order chi connectivity index (χ1) is 19.8. The zero-order valence-corrected chi connectivity index (χ0v) is 24.9. The van der Waals surface area contributed by atoms with Gasteiger partial charge in [-0.05, 0) is 56.2 Å². The number of piperazine rings is 1. The second-order valence-electron chi connectivity index (χ2n) is 10.7. The van der Waals surface area contributed by atoms with Gasteiger partial charge in [-0.3, -0.25) is 4.98 Å². The lowest BCUT2D eigenvalue weighted by Crippen LogP contribution is -2.50. The van der Waals surface area contributed by atoms with E-state index in [1.807, 2.05) is 102 Å².